The van der Waals surface area contributed by atoms with Gasteiger partial charge in [0, 0.05) is 22.9 Å². The maximum absolute atomic E-state index is 9.96. The number of hydrogen-bond acceptors (Lipinski definition) is 8. The molecule has 0 fully saturated rings. The smallest absolute Gasteiger partial charge is 0.173 e. The summed E-state index contributed by atoms with van der Waals surface area (Å²) in [6, 6.07) is 7.77. The maximum atomic E-state index is 9.96. The van der Waals surface area contributed by atoms with Crippen LogP contribution in [0.25, 0.3) is 11.4 Å². The number of rotatable bonds is 8. The molecule has 4 aromatic heterocycles. The van der Waals surface area contributed by atoms with Gasteiger partial charge < -0.3 is 10.2 Å². The van der Waals surface area contributed by atoms with Gasteiger partial charge in [-0.2, -0.15) is 0 Å². The highest BCUT2D eigenvalue weighted by Crippen LogP contribution is 2.33. The fourth-order valence-electron chi connectivity index (χ4n) is 4.91. The average Bonchev–Trinajstić information content (AvgIpc) is 3.62. The number of aromatic nitrogens is 6. The number of halogens is 1. The summed E-state index contributed by atoms with van der Waals surface area (Å²) in [7, 11) is -1.00. The third-order valence-electron chi connectivity index (χ3n) is 7.00. The van der Waals surface area contributed by atoms with E-state index in [2.05, 4.69) is 44.2 Å². The predicted molar refractivity (Wildman–Crippen MR) is 172 cm³/mol. The van der Waals surface area contributed by atoms with E-state index in [0.29, 0.717) is 10.5 Å². The summed E-state index contributed by atoms with van der Waals surface area (Å²) < 4.78 is 19.5. The van der Waals surface area contributed by atoms with E-state index in [4.69, 9.17) is 1.37 Å². The maximum Gasteiger partial charge on any atom is 0.173 e. The van der Waals surface area contributed by atoms with Gasteiger partial charge in [-0.15, -0.1) is 0 Å². The zero-order chi connectivity index (χ0) is 31.1. The predicted octanol–water partition coefficient (Wildman–Crippen LogP) is 6.81. The van der Waals surface area contributed by atoms with Gasteiger partial charge in [0.15, 0.2) is 10.3 Å². The zero-order valence-electron chi connectivity index (χ0n) is 25.3. The molecule has 0 saturated heterocycles. The molecule has 2 aliphatic carbocycles. The van der Waals surface area contributed by atoms with Crippen molar-refractivity contribution in [2.24, 2.45) is 0 Å². The largest absolute Gasteiger partial charge is 0.390 e. The lowest BCUT2D eigenvalue weighted by atomic mass is 10.1. The van der Waals surface area contributed by atoms with Crippen LogP contribution in [0.2, 0.25) is 0 Å². The van der Waals surface area contributed by atoms with Crippen LogP contribution in [0.15, 0.2) is 89.9 Å². The molecular weight excluding hydrogens is 584 g/mol. The summed E-state index contributed by atoms with van der Waals surface area (Å²) in [6.07, 6.45) is 25.0. The van der Waals surface area contributed by atoms with Crippen molar-refractivity contribution in [2.75, 3.05) is 7.15 Å². The zero-order valence-corrected chi connectivity index (χ0v) is 25.9. The minimum Gasteiger partial charge on any atom is -0.390 e. The van der Waals surface area contributed by atoms with Crippen LogP contribution in [-0.2, 0) is 13.2 Å². The Hall–Kier alpha value is -3.25. The first kappa shape index (κ1) is 31.2. The Kier molecular flexibility index (Phi) is 12.4. The summed E-state index contributed by atoms with van der Waals surface area (Å²) in [5, 5.41) is 21.9. The number of nitrogens with zero attached hydrogens (tertiary/aromatic N) is 6. The second kappa shape index (κ2) is 17.1. The fraction of sp³-hybridized carbons (Fsp3) is 0.375. The Morgan fingerprint density at radius 3 is 1.95 bits per heavy atom. The molecule has 0 spiro atoms. The Balaban J connectivity index is 0.000000185. The Morgan fingerprint density at radius 2 is 1.47 bits per heavy atom. The van der Waals surface area contributed by atoms with Crippen LogP contribution in [0.3, 0.4) is 0 Å². The standard InChI is InChI=1S/C16H19N3OS.C15H17N3OS.CH3F/c1-12-15(11-20)19(13-6-5-9-17-10-13)16(18-12)21-14-7-3-2-4-8-14;19-11-13-10-17-15(20-14-6-2-1-3-7-14)18(13)12-5-4-8-16-9-12;1-2/h3,5-7,9-10,14,20H,2,4,8,11H2,1H3;2,4-6,8-10,14,19H,1,3,7,11H2;1H3/i;;1D. The highest BCUT2D eigenvalue weighted by molar-refractivity contribution is 8.00. The third kappa shape index (κ3) is 8.66. The number of aliphatic hydroxyl groups excluding tert-OH is 2. The lowest BCUT2D eigenvalue weighted by molar-refractivity contribution is 0.273. The van der Waals surface area contributed by atoms with Gasteiger partial charge in [0.25, 0.3) is 0 Å². The molecular formula is C32H39FN6O2S2. The minimum absolute atomic E-state index is 0.0191. The molecule has 0 amide bonds. The van der Waals surface area contributed by atoms with E-state index < -0.39 is 7.15 Å². The molecule has 2 N–H and O–H groups in total. The van der Waals surface area contributed by atoms with Gasteiger partial charge in [-0.1, -0.05) is 47.8 Å². The van der Waals surface area contributed by atoms with E-state index in [-0.39, 0.29) is 13.2 Å². The highest BCUT2D eigenvalue weighted by atomic mass is 32.2. The van der Waals surface area contributed by atoms with Crippen LogP contribution < -0.4 is 0 Å². The number of aryl methyl sites for hydroxylation is 1. The molecule has 228 valence electrons. The molecule has 11 heteroatoms. The Labute approximate surface area is 262 Å². The SMILES string of the molecule is Cc1nc(SC2C=CCCC2)n(-c2cccnc2)c1CO.OCc1cnc(SC2C=CCCC2)n1-c1cccnc1.[2H]CF. The van der Waals surface area contributed by atoms with Crippen LogP contribution in [0.4, 0.5) is 4.39 Å². The molecule has 0 bridgehead atoms. The van der Waals surface area contributed by atoms with Gasteiger partial charge in [-0.05, 0) is 69.7 Å². The minimum atomic E-state index is -1.00. The van der Waals surface area contributed by atoms with Crippen molar-refractivity contribution in [3.05, 3.63) is 96.6 Å². The second-order valence-corrected chi connectivity index (χ2v) is 12.3. The molecule has 0 aliphatic heterocycles. The van der Waals surface area contributed by atoms with Gasteiger partial charge in [0.2, 0.25) is 0 Å². The first-order valence-electron chi connectivity index (χ1n) is 15.0. The molecule has 8 nitrogen and oxygen atoms in total. The molecule has 4 aromatic rings. The molecule has 0 saturated carbocycles. The van der Waals surface area contributed by atoms with Crippen LogP contribution in [0.5, 0.6) is 0 Å². The van der Waals surface area contributed by atoms with Crippen molar-refractivity contribution < 1.29 is 16.0 Å². The van der Waals surface area contributed by atoms with Crippen molar-refractivity contribution >= 4 is 23.5 Å². The molecule has 2 aliphatic rings. The van der Waals surface area contributed by atoms with Gasteiger partial charge in [0.05, 0.1) is 68.8 Å². The topological polar surface area (TPSA) is 102 Å². The molecule has 2 unspecified atom stereocenters. The molecule has 4 heterocycles. The molecule has 2 atom stereocenters. The van der Waals surface area contributed by atoms with Gasteiger partial charge in [-0.25, -0.2) is 9.97 Å². The summed E-state index contributed by atoms with van der Waals surface area (Å²) in [4.78, 5) is 17.4. The first-order valence-corrected chi connectivity index (χ1v) is 16.0. The summed E-state index contributed by atoms with van der Waals surface area (Å²) >= 11 is 3.51. The number of imidazole rings is 2. The van der Waals surface area contributed by atoms with Crippen molar-refractivity contribution in [3.8, 4) is 11.4 Å². The van der Waals surface area contributed by atoms with E-state index in [0.717, 1.165) is 38.8 Å². The number of allylic oxidation sites excluding steroid dienone is 2. The summed E-state index contributed by atoms with van der Waals surface area (Å²) in [5.41, 5.74) is 4.40. The van der Waals surface area contributed by atoms with Crippen molar-refractivity contribution in [2.45, 2.75) is 79.5 Å². The lowest BCUT2D eigenvalue weighted by Gasteiger charge is -2.17. The van der Waals surface area contributed by atoms with Gasteiger partial charge >= 0.3 is 0 Å². The molecule has 43 heavy (non-hydrogen) atoms. The third-order valence-corrected chi connectivity index (χ3v) is 9.37. The van der Waals surface area contributed by atoms with E-state index >= 15 is 0 Å². The Bertz CT molecular complexity index is 1480. The summed E-state index contributed by atoms with van der Waals surface area (Å²) in [6.45, 7) is 1.90. The molecule has 0 radical (unpaired) electrons. The van der Waals surface area contributed by atoms with Crippen molar-refractivity contribution in [3.63, 3.8) is 0 Å². The number of thioether (sulfide) groups is 2. The first-order chi connectivity index (χ1) is 21.6. The van der Waals surface area contributed by atoms with E-state index in [1.165, 1.54) is 38.5 Å². The molecule has 0 aromatic carbocycles. The van der Waals surface area contributed by atoms with Crippen LogP contribution >= 0.6 is 23.5 Å². The second-order valence-electron chi connectivity index (χ2n) is 9.90. The fourth-order valence-corrected chi connectivity index (χ4v) is 7.35. The normalized spacial score (nSPS) is 17.8. The molecule has 6 rings (SSSR count). The van der Waals surface area contributed by atoms with Crippen LogP contribution in [0, 0.1) is 6.92 Å². The number of pyridine rings is 2. The monoisotopic (exact) mass is 623 g/mol. The van der Waals surface area contributed by atoms with Crippen LogP contribution in [0.1, 0.15) is 57.0 Å². The number of aliphatic hydroxyl groups is 2. The van der Waals surface area contributed by atoms with E-state index in [9.17, 15) is 14.6 Å². The number of hydrogen-bond donors (Lipinski definition) is 2. The number of alkyl halides is 1. The van der Waals surface area contributed by atoms with Crippen LogP contribution in [-0.4, -0.2) is 56.9 Å². The quantitative estimate of drug-likeness (QED) is 0.206. The Morgan fingerprint density at radius 1 is 0.884 bits per heavy atom. The van der Waals surface area contributed by atoms with E-state index in [1.807, 2.05) is 40.3 Å². The van der Waals surface area contributed by atoms with E-state index in [1.54, 1.807) is 54.5 Å². The summed E-state index contributed by atoms with van der Waals surface area (Å²) in [5.74, 6) is 0. The highest BCUT2D eigenvalue weighted by Gasteiger charge is 2.20. The van der Waals surface area contributed by atoms with Gasteiger partial charge in [-0.3, -0.25) is 23.5 Å². The van der Waals surface area contributed by atoms with Crippen molar-refractivity contribution in [1.29, 1.82) is 0 Å². The van der Waals surface area contributed by atoms with Crippen molar-refractivity contribution in [1.82, 2.24) is 29.1 Å². The van der Waals surface area contributed by atoms with Gasteiger partial charge in [0.1, 0.15) is 0 Å². The lowest BCUT2D eigenvalue weighted by Crippen LogP contribution is -2.07. The average molecular weight is 624 g/mol.